The summed E-state index contributed by atoms with van der Waals surface area (Å²) in [5.41, 5.74) is 0.398. The molecule has 0 atom stereocenters. The Morgan fingerprint density at radius 2 is 1.76 bits per heavy atom. The third-order valence-electron chi connectivity index (χ3n) is 2.78. The molecule has 0 amide bonds. The van der Waals surface area contributed by atoms with Crippen molar-refractivity contribution in [3.05, 3.63) is 63.6 Å². The van der Waals surface area contributed by atoms with Gasteiger partial charge < -0.3 is 5.11 Å². The van der Waals surface area contributed by atoms with Gasteiger partial charge in [-0.05, 0) is 35.9 Å². The second kappa shape index (κ2) is 6.05. The van der Waals surface area contributed by atoms with Gasteiger partial charge in [-0.1, -0.05) is 35.3 Å². The van der Waals surface area contributed by atoms with Crippen LogP contribution in [-0.2, 0) is 15.6 Å². The van der Waals surface area contributed by atoms with Crippen molar-refractivity contribution in [2.45, 2.75) is 10.6 Å². The van der Waals surface area contributed by atoms with Crippen molar-refractivity contribution in [1.29, 1.82) is 0 Å². The van der Waals surface area contributed by atoms with Crippen LogP contribution >= 0.6 is 23.2 Å². The molecule has 0 aliphatic rings. The number of hydrogen-bond acceptors (Lipinski definition) is 3. The summed E-state index contributed by atoms with van der Waals surface area (Å²) in [4.78, 5) is 10.8. The first-order chi connectivity index (χ1) is 9.79. The highest BCUT2D eigenvalue weighted by Crippen LogP contribution is 2.25. The Balaban J connectivity index is 2.36. The highest BCUT2D eigenvalue weighted by molar-refractivity contribution is 7.90. The molecule has 0 unspecified atom stereocenters. The van der Waals surface area contributed by atoms with Gasteiger partial charge in [0.25, 0.3) is 0 Å². The summed E-state index contributed by atoms with van der Waals surface area (Å²) in [6.45, 7) is 0. The molecule has 21 heavy (non-hydrogen) atoms. The van der Waals surface area contributed by atoms with E-state index in [0.29, 0.717) is 10.6 Å². The minimum absolute atomic E-state index is 0.0477. The highest BCUT2D eigenvalue weighted by Gasteiger charge is 2.17. The summed E-state index contributed by atoms with van der Waals surface area (Å²) in [5.74, 6) is -1.46. The molecule has 0 aliphatic carbocycles. The number of carboxylic acid groups (broad SMARTS) is 1. The van der Waals surface area contributed by atoms with Crippen LogP contribution in [0.3, 0.4) is 0 Å². The van der Waals surface area contributed by atoms with E-state index in [9.17, 15) is 13.2 Å². The maximum atomic E-state index is 12.3. The van der Waals surface area contributed by atoms with Crippen LogP contribution in [0.5, 0.6) is 0 Å². The van der Waals surface area contributed by atoms with E-state index in [1.165, 1.54) is 30.3 Å². The summed E-state index contributed by atoms with van der Waals surface area (Å²) in [6.07, 6.45) is 0. The van der Waals surface area contributed by atoms with Gasteiger partial charge in [-0.25, -0.2) is 13.2 Å². The minimum atomic E-state index is -3.66. The van der Waals surface area contributed by atoms with Gasteiger partial charge in [0, 0.05) is 0 Å². The van der Waals surface area contributed by atoms with E-state index in [0.717, 1.165) is 6.07 Å². The first-order valence-electron chi connectivity index (χ1n) is 5.79. The van der Waals surface area contributed by atoms with Gasteiger partial charge in [0.05, 0.1) is 26.3 Å². The summed E-state index contributed by atoms with van der Waals surface area (Å²) in [6, 6.07) is 9.78. The van der Waals surface area contributed by atoms with Crippen molar-refractivity contribution in [3.8, 4) is 0 Å². The van der Waals surface area contributed by atoms with E-state index in [4.69, 9.17) is 28.3 Å². The maximum Gasteiger partial charge on any atom is 0.335 e. The SMILES string of the molecule is O=C(O)c1cccc(S(=O)(=O)Cc2ccc(Cl)c(Cl)c2)c1. The molecule has 0 bridgehead atoms. The molecule has 0 aliphatic heterocycles. The fourth-order valence-electron chi connectivity index (χ4n) is 1.75. The third kappa shape index (κ3) is 3.75. The number of carbonyl (C=O) groups is 1. The monoisotopic (exact) mass is 344 g/mol. The van der Waals surface area contributed by atoms with E-state index in [2.05, 4.69) is 0 Å². The molecule has 0 heterocycles. The number of sulfone groups is 1. The number of aromatic carboxylic acids is 1. The average molecular weight is 345 g/mol. The lowest BCUT2D eigenvalue weighted by Gasteiger charge is -2.06. The molecule has 4 nitrogen and oxygen atoms in total. The van der Waals surface area contributed by atoms with E-state index in [1.807, 2.05) is 0 Å². The van der Waals surface area contributed by atoms with Crippen molar-refractivity contribution in [2.24, 2.45) is 0 Å². The third-order valence-corrected chi connectivity index (χ3v) is 5.21. The van der Waals surface area contributed by atoms with Gasteiger partial charge in [-0.3, -0.25) is 0 Å². The second-order valence-corrected chi connectivity index (χ2v) is 7.14. The molecule has 0 spiro atoms. The molecular weight excluding hydrogens is 335 g/mol. The molecule has 7 heteroatoms. The van der Waals surface area contributed by atoms with Gasteiger partial charge in [-0.2, -0.15) is 0 Å². The van der Waals surface area contributed by atoms with Gasteiger partial charge >= 0.3 is 5.97 Å². The smallest absolute Gasteiger partial charge is 0.335 e. The van der Waals surface area contributed by atoms with Crippen LogP contribution in [0.1, 0.15) is 15.9 Å². The summed E-state index contributed by atoms with van der Waals surface area (Å²) >= 11 is 11.6. The van der Waals surface area contributed by atoms with Crippen LogP contribution in [-0.4, -0.2) is 19.5 Å². The molecule has 0 fully saturated rings. The number of carboxylic acids is 1. The van der Waals surface area contributed by atoms with Crippen LogP contribution in [0.15, 0.2) is 47.4 Å². The Labute approximate surface area is 131 Å². The minimum Gasteiger partial charge on any atom is -0.478 e. The topological polar surface area (TPSA) is 71.4 Å². The lowest BCUT2D eigenvalue weighted by molar-refractivity contribution is 0.0696. The number of rotatable bonds is 4. The fourth-order valence-corrected chi connectivity index (χ4v) is 3.45. The number of hydrogen-bond donors (Lipinski definition) is 1. The van der Waals surface area contributed by atoms with Gasteiger partial charge in [0.15, 0.2) is 9.84 Å². The highest BCUT2D eigenvalue weighted by atomic mass is 35.5. The fraction of sp³-hybridized carbons (Fsp3) is 0.0714. The zero-order valence-electron chi connectivity index (χ0n) is 10.6. The predicted molar refractivity (Wildman–Crippen MR) is 80.8 cm³/mol. The predicted octanol–water partition coefficient (Wildman–Crippen LogP) is 3.67. The lowest BCUT2D eigenvalue weighted by Crippen LogP contribution is -2.07. The first-order valence-corrected chi connectivity index (χ1v) is 8.20. The zero-order chi connectivity index (χ0) is 15.6. The van der Waals surface area contributed by atoms with Crippen molar-refractivity contribution < 1.29 is 18.3 Å². The lowest BCUT2D eigenvalue weighted by atomic mass is 10.2. The Morgan fingerprint density at radius 3 is 2.38 bits per heavy atom. The standard InChI is InChI=1S/C14H10Cl2O4S/c15-12-5-4-9(6-13(12)16)8-21(19,20)11-3-1-2-10(7-11)14(17)18/h1-7H,8H2,(H,17,18). The second-order valence-electron chi connectivity index (χ2n) is 4.34. The number of benzene rings is 2. The van der Waals surface area contributed by atoms with E-state index in [1.54, 1.807) is 6.07 Å². The average Bonchev–Trinajstić information content (AvgIpc) is 2.43. The molecule has 1 N–H and O–H groups in total. The molecule has 2 rings (SSSR count). The van der Waals surface area contributed by atoms with Crippen LogP contribution in [0.25, 0.3) is 0 Å². The van der Waals surface area contributed by atoms with Crippen molar-refractivity contribution in [2.75, 3.05) is 0 Å². The van der Waals surface area contributed by atoms with Gasteiger partial charge in [-0.15, -0.1) is 0 Å². The first kappa shape index (κ1) is 15.8. The van der Waals surface area contributed by atoms with Crippen molar-refractivity contribution in [1.82, 2.24) is 0 Å². The molecule has 0 aromatic heterocycles. The van der Waals surface area contributed by atoms with Crippen LogP contribution in [0.4, 0.5) is 0 Å². The molecular formula is C14H10Cl2O4S. The van der Waals surface area contributed by atoms with Gasteiger partial charge in [0.1, 0.15) is 0 Å². The Kier molecular flexibility index (Phi) is 4.56. The van der Waals surface area contributed by atoms with Crippen LogP contribution in [0.2, 0.25) is 10.0 Å². The Morgan fingerprint density at radius 1 is 1.05 bits per heavy atom. The van der Waals surface area contributed by atoms with Crippen LogP contribution < -0.4 is 0 Å². The van der Waals surface area contributed by atoms with Gasteiger partial charge in [0.2, 0.25) is 0 Å². The maximum absolute atomic E-state index is 12.3. The zero-order valence-corrected chi connectivity index (χ0v) is 12.9. The molecule has 0 saturated heterocycles. The normalized spacial score (nSPS) is 11.3. The van der Waals surface area contributed by atoms with E-state index in [-0.39, 0.29) is 21.2 Å². The Hall–Kier alpha value is -1.56. The van der Waals surface area contributed by atoms with E-state index >= 15 is 0 Å². The molecule has 2 aromatic rings. The summed E-state index contributed by atoms with van der Waals surface area (Å²) in [5, 5.41) is 9.51. The molecule has 2 aromatic carbocycles. The summed E-state index contributed by atoms with van der Waals surface area (Å²) < 4.78 is 24.6. The molecule has 0 radical (unpaired) electrons. The quantitative estimate of drug-likeness (QED) is 0.918. The van der Waals surface area contributed by atoms with E-state index < -0.39 is 15.8 Å². The van der Waals surface area contributed by atoms with Crippen molar-refractivity contribution >= 4 is 39.0 Å². The molecule has 110 valence electrons. The molecule has 0 saturated carbocycles. The Bertz CT molecular complexity index is 800. The van der Waals surface area contributed by atoms with Crippen molar-refractivity contribution in [3.63, 3.8) is 0 Å². The largest absolute Gasteiger partial charge is 0.478 e. The number of halogens is 2. The summed E-state index contributed by atoms with van der Waals surface area (Å²) in [7, 11) is -3.66. The van der Waals surface area contributed by atoms with Crippen LogP contribution in [0, 0.1) is 0 Å².